The summed E-state index contributed by atoms with van der Waals surface area (Å²) in [4.78, 5) is 60.9. The lowest BCUT2D eigenvalue weighted by Gasteiger charge is -2.17. The van der Waals surface area contributed by atoms with Crippen molar-refractivity contribution in [3.8, 4) is 5.75 Å². The Balaban J connectivity index is 1.76. The Morgan fingerprint density at radius 1 is 1.06 bits per heavy atom. The van der Waals surface area contributed by atoms with E-state index in [1.54, 1.807) is 24.3 Å². The highest BCUT2D eigenvalue weighted by atomic mass is 32.2. The number of methoxy groups -OCH3 is 1. The molecule has 0 radical (unpaired) electrons. The molecule has 0 aliphatic carbocycles. The van der Waals surface area contributed by atoms with Crippen LogP contribution in [0.3, 0.4) is 0 Å². The molecule has 3 N–H and O–H groups in total. The SMILES string of the molecule is COc1ccccc1N1C(=O)SC(CC(=O)Nc2cc(C(=O)O)cc(C(=O)O)c2)C1=O. The van der Waals surface area contributed by atoms with Crippen LogP contribution in [0.2, 0.25) is 0 Å². The standard InChI is InChI=1S/C20H16N2O8S/c1-30-14-5-3-2-4-13(14)22-17(24)15(31-20(22)29)9-16(23)21-12-7-10(18(25)26)6-11(8-12)19(27)28/h2-8,15H,9H2,1H3,(H,21,23)(H,25,26)(H,27,28). The van der Waals surface area contributed by atoms with Crippen molar-refractivity contribution in [2.75, 3.05) is 17.3 Å². The van der Waals surface area contributed by atoms with Crippen molar-refractivity contribution in [3.05, 3.63) is 53.6 Å². The minimum atomic E-state index is -1.36. The second-order valence-corrected chi connectivity index (χ2v) is 7.53. The number of imide groups is 1. The fourth-order valence-electron chi connectivity index (χ4n) is 2.95. The minimum absolute atomic E-state index is 0.0503. The van der Waals surface area contributed by atoms with Crippen LogP contribution in [0.25, 0.3) is 0 Å². The molecule has 0 aromatic heterocycles. The molecule has 1 aliphatic rings. The van der Waals surface area contributed by atoms with E-state index in [1.165, 1.54) is 7.11 Å². The molecule has 0 spiro atoms. The van der Waals surface area contributed by atoms with E-state index in [0.717, 1.165) is 23.1 Å². The molecule has 31 heavy (non-hydrogen) atoms. The summed E-state index contributed by atoms with van der Waals surface area (Å²) >= 11 is 0.684. The molecule has 1 aliphatic heterocycles. The van der Waals surface area contributed by atoms with Crippen molar-refractivity contribution in [1.29, 1.82) is 0 Å². The van der Waals surface area contributed by atoms with E-state index in [9.17, 15) is 24.0 Å². The number of nitrogens with zero attached hydrogens (tertiary/aromatic N) is 1. The summed E-state index contributed by atoms with van der Waals surface area (Å²) in [5, 5.41) is 19.1. The highest BCUT2D eigenvalue weighted by Crippen LogP contribution is 2.38. The van der Waals surface area contributed by atoms with Crippen LogP contribution in [0.5, 0.6) is 5.75 Å². The third kappa shape index (κ3) is 4.67. The average molecular weight is 444 g/mol. The molecular formula is C20H16N2O8S. The normalized spacial score (nSPS) is 15.6. The van der Waals surface area contributed by atoms with Gasteiger partial charge in [-0.05, 0) is 42.1 Å². The van der Waals surface area contributed by atoms with Gasteiger partial charge in [0.1, 0.15) is 11.0 Å². The molecule has 11 heteroatoms. The fourth-order valence-corrected chi connectivity index (χ4v) is 3.92. The molecule has 1 heterocycles. The molecule has 0 bridgehead atoms. The number of thioether (sulfide) groups is 1. The summed E-state index contributed by atoms with van der Waals surface area (Å²) in [6.45, 7) is 0. The highest BCUT2D eigenvalue weighted by molar-refractivity contribution is 8.15. The third-order valence-electron chi connectivity index (χ3n) is 4.33. The molecule has 10 nitrogen and oxygen atoms in total. The van der Waals surface area contributed by atoms with Crippen LogP contribution < -0.4 is 15.0 Å². The van der Waals surface area contributed by atoms with Gasteiger partial charge in [-0.1, -0.05) is 12.1 Å². The van der Waals surface area contributed by atoms with Crippen LogP contribution >= 0.6 is 11.8 Å². The molecule has 1 saturated heterocycles. The number of carboxylic acid groups (broad SMARTS) is 2. The van der Waals surface area contributed by atoms with Crippen molar-refractivity contribution in [2.45, 2.75) is 11.7 Å². The van der Waals surface area contributed by atoms with Gasteiger partial charge in [0.25, 0.3) is 5.24 Å². The number of carbonyl (C=O) groups is 5. The van der Waals surface area contributed by atoms with Gasteiger partial charge in [-0.3, -0.25) is 14.4 Å². The lowest BCUT2D eigenvalue weighted by Crippen LogP contribution is -2.33. The summed E-state index contributed by atoms with van der Waals surface area (Å²) in [5.41, 5.74) is -0.431. The van der Waals surface area contributed by atoms with Gasteiger partial charge in [0.15, 0.2) is 0 Å². The summed E-state index contributed by atoms with van der Waals surface area (Å²) in [5.74, 6) is -3.68. The number of carboxylic acids is 2. The first-order chi connectivity index (χ1) is 14.7. The molecule has 3 rings (SSSR count). The van der Waals surface area contributed by atoms with Crippen LogP contribution in [-0.2, 0) is 9.59 Å². The number of carbonyl (C=O) groups excluding carboxylic acids is 3. The maximum absolute atomic E-state index is 12.8. The first-order valence-corrected chi connectivity index (χ1v) is 9.68. The number of benzene rings is 2. The maximum atomic E-state index is 12.8. The van der Waals surface area contributed by atoms with Crippen LogP contribution in [0.15, 0.2) is 42.5 Å². The van der Waals surface area contributed by atoms with Crippen LogP contribution in [0.4, 0.5) is 16.2 Å². The molecule has 1 fully saturated rings. The number of anilines is 2. The van der Waals surface area contributed by atoms with Gasteiger partial charge in [0.05, 0.1) is 23.9 Å². The quantitative estimate of drug-likeness (QED) is 0.585. The number of aromatic carboxylic acids is 2. The largest absolute Gasteiger partial charge is 0.495 e. The number of para-hydroxylation sites is 2. The van der Waals surface area contributed by atoms with Crippen molar-refractivity contribution >= 4 is 52.1 Å². The van der Waals surface area contributed by atoms with Gasteiger partial charge in [-0.2, -0.15) is 0 Å². The van der Waals surface area contributed by atoms with Crippen molar-refractivity contribution < 1.29 is 38.9 Å². The number of rotatable bonds is 7. The van der Waals surface area contributed by atoms with Gasteiger partial charge < -0.3 is 20.3 Å². The van der Waals surface area contributed by atoms with E-state index in [1.807, 2.05) is 0 Å². The van der Waals surface area contributed by atoms with Crippen molar-refractivity contribution in [1.82, 2.24) is 0 Å². The maximum Gasteiger partial charge on any atom is 0.335 e. The first-order valence-electron chi connectivity index (χ1n) is 8.80. The molecule has 3 amide bonds. The van der Waals surface area contributed by atoms with E-state index in [2.05, 4.69) is 5.32 Å². The summed E-state index contributed by atoms with van der Waals surface area (Å²) in [6.07, 6.45) is -0.374. The Hall–Kier alpha value is -3.86. The van der Waals surface area contributed by atoms with Gasteiger partial charge in [0, 0.05) is 12.1 Å². The monoisotopic (exact) mass is 444 g/mol. The van der Waals surface area contributed by atoms with Crippen LogP contribution in [-0.4, -0.2) is 51.6 Å². The minimum Gasteiger partial charge on any atom is -0.495 e. The first kappa shape index (κ1) is 21.8. The molecule has 2 aromatic carbocycles. The number of hydrogen-bond donors (Lipinski definition) is 3. The summed E-state index contributed by atoms with van der Waals surface area (Å²) in [6, 6.07) is 9.62. The zero-order valence-electron chi connectivity index (χ0n) is 16.0. The third-order valence-corrected chi connectivity index (χ3v) is 5.37. The second-order valence-electron chi connectivity index (χ2n) is 6.38. The number of nitrogens with one attached hydrogen (secondary N) is 1. The van der Waals surface area contributed by atoms with Crippen LogP contribution in [0.1, 0.15) is 27.1 Å². The van der Waals surface area contributed by atoms with Crippen molar-refractivity contribution in [2.24, 2.45) is 0 Å². The number of hydrogen-bond acceptors (Lipinski definition) is 7. The lowest BCUT2D eigenvalue weighted by atomic mass is 10.1. The van der Waals surface area contributed by atoms with E-state index in [-0.39, 0.29) is 28.9 Å². The van der Waals surface area contributed by atoms with E-state index < -0.39 is 34.2 Å². The molecule has 1 unspecified atom stereocenters. The Morgan fingerprint density at radius 2 is 1.68 bits per heavy atom. The Bertz CT molecular complexity index is 1070. The molecule has 1 atom stereocenters. The zero-order chi connectivity index (χ0) is 22.7. The smallest absolute Gasteiger partial charge is 0.335 e. The van der Waals surface area contributed by atoms with Gasteiger partial charge in [-0.15, -0.1) is 0 Å². The molecular weight excluding hydrogens is 428 g/mol. The van der Waals surface area contributed by atoms with Gasteiger partial charge in [0.2, 0.25) is 11.8 Å². The van der Waals surface area contributed by atoms with Crippen molar-refractivity contribution in [3.63, 3.8) is 0 Å². The van der Waals surface area contributed by atoms with E-state index in [4.69, 9.17) is 14.9 Å². The average Bonchev–Trinajstić information content (AvgIpc) is 3.00. The predicted octanol–water partition coefficient (Wildman–Crippen LogP) is 2.69. The molecule has 2 aromatic rings. The van der Waals surface area contributed by atoms with E-state index >= 15 is 0 Å². The fraction of sp³-hybridized carbons (Fsp3) is 0.150. The Morgan fingerprint density at radius 3 is 2.26 bits per heavy atom. The Kier molecular flexibility index (Phi) is 6.25. The van der Waals surface area contributed by atoms with Crippen LogP contribution in [0, 0.1) is 0 Å². The summed E-state index contributed by atoms with van der Waals surface area (Å²) < 4.78 is 5.18. The van der Waals surface area contributed by atoms with Gasteiger partial charge >= 0.3 is 11.9 Å². The second kappa shape index (κ2) is 8.88. The van der Waals surface area contributed by atoms with E-state index in [0.29, 0.717) is 17.5 Å². The molecule has 160 valence electrons. The lowest BCUT2D eigenvalue weighted by molar-refractivity contribution is -0.121. The number of amides is 3. The Labute approximate surface area is 179 Å². The molecule has 0 saturated carbocycles. The van der Waals surface area contributed by atoms with Gasteiger partial charge in [-0.25, -0.2) is 14.5 Å². The number of ether oxygens (including phenoxy) is 1. The zero-order valence-corrected chi connectivity index (χ0v) is 16.8. The highest BCUT2D eigenvalue weighted by Gasteiger charge is 2.42. The predicted molar refractivity (Wildman–Crippen MR) is 111 cm³/mol. The summed E-state index contributed by atoms with van der Waals surface area (Å²) in [7, 11) is 1.40. The topological polar surface area (TPSA) is 150 Å².